The van der Waals surface area contributed by atoms with Gasteiger partial charge in [-0.05, 0) is 61.4 Å². The predicted octanol–water partition coefficient (Wildman–Crippen LogP) is 4.61. The molecule has 0 unspecified atom stereocenters. The smallest absolute Gasteiger partial charge is 0.264 e. The molecule has 1 aliphatic rings. The third-order valence-electron chi connectivity index (χ3n) is 5.66. The van der Waals surface area contributed by atoms with E-state index in [-0.39, 0.29) is 25.5 Å². The van der Waals surface area contributed by atoms with Crippen molar-refractivity contribution < 1.29 is 21.6 Å². The lowest BCUT2D eigenvalue weighted by molar-refractivity contribution is -0.114. The molecule has 0 radical (unpaired) electrons. The van der Waals surface area contributed by atoms with Crippen molar-refractivity contribution in [2.24, 2.45) is 0 Å². The van der Waals surface area contributed by atoms with Crippen LogP contribution in [0.15, 0.2) is 82.6 Å². The number of nitrogens with zero attached hydrogens (tertiary/aromatic N) is 2. The first-order valence-electron chi connectivity index (χ1n) is 11.0. The van der Waals surface area contributed by atoms with Crippen LogP contribution in [0.4, 0.5) is 11.4 Å². The first-order valence-corrected chi connectivity index (χ1v) is 14.7. The zero-order valence-corrected chi connectivity index (χ0v) is 22.1. The number of nitrogens with one attached hydrogen (secondary N) is 1. The molecule has 1 saturated heterocycles. The van der Waals surface area contributed by atoms with Crippen molar-refractivity contribution in [1.29, 1.82) is 0 Å². The quantitative estimate of drug-likeness (QED) is 0.428. The van der Waals surface area contributed by atoms with Crippen LogP contribution in [0.25, 0.3) is 0 Å². The maximum atomic E-state index is 13.4. The lowest BCUT2D eigenvalue weighted by Gasteiger charge is -2.25. The van der Waals surface area contributed by atoms with Crippen molar-refractivity contribution in [1.82, 2.24) is 4.31 Å². The number of sulfonamides is 2. The number of carbonyl (C=O) groups is 1. The van der Waals surface area contributed by atoms with Crippen LogP contribution >= 0.6 is 23.2 Å². The zero-order valence-electron chi connectivity index (χ0n) is 19.0. The standard InChI is InChI=1S/C24H23Cl2N3O5S2/c25-21-9-6-10-22(24(21)26)29(36(33,34)19-7-2-1-3-8-19)17-23(30)27-18-11-13-20(14-12-18)35(31,32)28-15-4-5-16-28/h1-3,6-14H,4-5,15-17H2,(H,27,30). The van der Waals surface area contributed by atoms with E-state index in [2.05, 4.69) is 5.32 Å². The summed E-state index contributed by atoms with van der Waals surface area (Å²) in [6, 6.07) is 17.9. The lowest BCUT2D eigenvalue weighted by Crippen LogP contribution is -2.38. The Balaban J connectivity index is 1.58. The van der Waals surface area contributed by atoms with Gasteiger partial charge in [-0.2, -0.15) is 4.31 Å². The summed E-state index contributed by atoms with van der Waals surface area (Å²) < 4.78 is 54.6. The molecule has 1 heterocycles. The van der Waals surface area contributed by atoms with E-state index in [0.29, 0.717) is 18.8 Å². The highest BCUT2D eigenvalue weighted by Gasteiger charge is 2.30. The Morgan fingerprint density at radius 2 is 1.47 bits per heavy atom. The van der Waals surface area contributed by atoms with Crippen molar-refractivity contribution in [3.8, 4) is 0 Å². The third kappa shape index (κ3) is 5.52. The summed E-state index contributed by atoms with van der Waals surface area (Å²) in [5.74, 6) is -0.652. The fourth-order valence-electron chi connectivity index (χ4n) is 3.82. The van der Waals surface area contributed by atoms with Gasteiger partial charge in [-0.15, -0.1) is 0 Å². The van der Waals surface area contributed by atoms with Crippen LogP contribution in [0.1, 0.15) is 12.8 Å². The Labute approximate surface area is 220 Å². The van der Waals surface area contributed by atoms with E-state index in [0.717, 1.165) is 17.1 Å². The lowest BCUT2D eigenvalue weighted by atomic mass is 10.3. The second-order valence-corrected chi connectivity index (χ2v) is 12.7. The van der Waals surface area contributed by atoms with Crippen molar-refractivity contribution >= 4 is 60.5 Å². The largest absolute Gasteiger partial charge is 0.325 e. The van der Waals surface area contributed by atoms with Gasteiger partial charge in [-0.3, -0.25) is 9.10 Å². The Morgan fingerprint density at radius 3 is 2.11 bits per heavy atom. The molecule has 0 saturated carbocycles. The van der Waals surface area contributed by atoms with E-state index in [1.807, 2.05) is 0 Å². The average molecular weight is 569 g/mol. The van der Waals surface area contributed by atoms with Gasteiger partial charge in [0.2, 0.25) is 15.9 Å². The summed E-state index contributed by atoms with van der Waals surface area (Å²) in [6.45, 7) is 0.377. The van der Waals surface area contributed by atoms with E-state index >= 15 is 0 Å². The maximum absolute atomic E-state index is 13.4. The number of halogens is 2. The topological polar surface area (TPSA) is 104 Å². The number of hydrogen-bond acceptors (Lipinski definition) is 5. The van der Waals surface area contributed by atoms with E-state index in [1.165, 1.54) is 58.9 Å². The number of benzene rings is 3. The Kier molecular flexibility index (Phi) is 7.91. The van der Waals surface area contributed by atoms with Gasteiger partial charge in [0.15, 0.2) is 0 Å². The second-order valence-electron chi connectivity index (χ2n) is 8.08. The summed E-state index contributed by atoms with van der Waals surface area (Å²) in [4.78, 5) is 13.0. The summed E-state index contributed by atoms with van der Waals surface area (Å²) in [6.07, 6.45) is 1.65. The minimum Gasteiger partial charge on any atom is -0.325 e. The molecule has 0 bridgehead atoms. The van der Waals surface area contributed by atoms with Gasteiger partial charge in [0.05, 0.1) is 25.5 Å². The van der Waals surface area contributed by atoms with Crippen LogP contribution in [-0.2, 0) is 24.8 Å². The first kappa shape index (κ1) is 26.4. The molecule has 190 valence electrons. The van der Waals surface area contributed by atoms with Crippen LogP contribution in [0, 0.1) is 0 Å². The molecule has 4 rings (SSSR count). The monoisotopic (exact) mass is 567 g/mol. The van der Waals surface area contributed by atoms with E-state index < -0.39 is 32.5 Å². The molecule has 3 aromatic rings. The molecule has 0 atom stereocenters. The van der Waals surface area contributed by atoms with Gasteiger partial charge in [-0.25, -0.2) is 16.8 Å². The maximum Gasteiger partial charge on any atom is 0.264 e. The molecule has 12 heteroatoms. The van der Waals surface area contributed by atoms with Crippen LogP contribution in [0.5, 0.6) is 0 Å². The number of anilines is 2. The third-order valence-corrected chi connectivity index (χ3v) is 10.2. The van der Waals surface area contributed by atoms with Crippen LogP contribution < -0.4 is 9.62 Å². The van der Waals surface area contributed by atoms with Gasteiger partial charge >= 0.3 is 0 Å². The van der Waals surface area contributed by atoms with Crippen molar-refractivity contribution in [3.05, 3.63) is 82.8 Å². The summed E-state index contributed by atoms with van der Waals surface area (Å²) in [5, 5.41) is 2.74. The molecule has 0 aliphatic carbocycles. The Bertz CT molecular complexity index is 1460. The molecule has 1 amide bonds. The minimum absolute atomic E-state index is 0.0112. The second kappa shape index (κ2) is 10.8. The molecular weight excluding hydrogens is 545 g/mol. The molecule has 0 aromatic heterocycles. The summed E-state index contributed by atoms with van der Waals surface area (Å²) >= 11 is 12.4. The molecule has 36 heavy (non-hydrogen) atoms. The van der Waals surface area contributed by atoms with Crippen LogP contribution in [-0.4, -0.2) is 46.7 Å². The highest BCUT2D eigenvalue weighted by atomic mass is 35.5. The molecule has 8 nitrogen and oxygen atoms in total. The average Bonchev–Trinajstić information content (AvgIpc) is 3.41. The molecule has 1 aliphatic heterocycles. The van der Waals surface area contributed by atoms with E-state index in [4.69, 9.17) is 23.2 Å². The van der Waals surface area contributed by atoms with Crippen molar-refractivity contribution in [2.75, 3.05) is 29.3 Å². The van der Waals surface area contributed by atoms with Gasteiger partial charge in [-0.1, -0.05) is 47.5 Å². The Hall–Kier alpha value is -2.63. The Morgan fingerprint density at radius 1 is 0.833 bits per heavy atom. The fourth-order valence-corrected chi connectivity index (χ4v) is 7.24. The fraction of sp³-hybridized carbons (Fsp3) is 0.208. The predicted molar refractivity (Wildman–Crippen MR) is 141 cm³/mol. The number of amides is 1. The minimum atomic E-state index is -4.17. The van der Waals surface area contributed by atoms with Gasteiger partial charge in [0, 0.05) is 18.8 Å². The highest BCUT2D eigenvalue weighted by molar-refractivity contribution is 7.93. The van der Waals surface area contributed by atoms with Gasteiger partial charge < -0.3 is 5.32 Å². The number of carbonyl (C=O) groups excluding carboxylic acids is 1. The normalized spacial score (nSPS) is 14.5. The first-order chi connectivity index (χ1) is 17.1. The molecular formula is C24H23Cl2N3O5S2. The van der Waals surface area contributed by atoms with E-state index in [9.17, 15) is 21.6 Å². The zero-order chi connectivity index (χ0) is 25.9. The highest BCUT2D eigenvalue weighted by Crippen LogP contribution is 2.35. The van der Waals surface area contributed by atoms with Crippen LogP contribution in [0.3, 0.4) is 0 Å². The summed E-state index contributed by atoms with van der Waals surface area (Å²) in [7, 11) is -7.76. The van der Waals surface area contributed by atoms with Crippen LogP contribution in [0.2, 0.25) is 10.0 Å². The van der Waals surface area contributed by atoms with Crippen molar-refractivity contribution in [2.45, 2.75) is 22.6 Å². The molecule has 3 aromatic carbocycles. The van der Waals surface area contributed by atoms with Crippen molar-refractivity contribution in [3.63, 3.8) is 0 Å². The molecule has 1 fully saturated rings. The SMILES string of the molecule is O=C(CN(c1cccc(Cl)c1Cl)S(=O)(=O)c1ccccc1)Nc1ccc(S(=O)(=O)N2CCCC2)cc1. The molecule has 0 spiro atoms. The number of hydrogen-bond donors (Lipinski definition) is 1. The van der Waals surface area contributed by atoms with E-state index in [1.54, 1.807) is 18.2 Å². The number of rotatable bonds is 8. The van der Waals surface area contributed by atoms with Gasteiger partial charge in [0.1, 0.15) is 6.54 Å². The molecule has 1 N–H and O–H groups in total. The summed E-state index contributed by atoms with van der Waals surface area (Å²) in [5.41, 5.74) is 0.366. The van der Waals surface area contributed by atoms with Gasteiger partial charge in [0.25, 0.3) is 10.0 Å².